The minimum Gasteiger partial charge on any atom is -0.352 e. The number of hydrogen-bond acceptors (Lipinski definition) is 4. The van der Waals surface area contributed by atoms with Gasteiger partial charge in [0.1, 0.15) is 5.82 Å². The molecule has 0 aliphatic carbocycles. The average Bonchev–Trinajstić information content (AvgIpc) is 2.39. The fourth-order valence-corrected chi connectivity index (χ4v) is 1.80. The van der Waals surface area contributed by atoms with Gasteiger partial charge in [0.05, 0.1) is 10.5 Å². The Balaban J connectivity index is 2.89. The van der Waals surface area contributed by atoms with E-state index >= 15 is 0 Å². The Morgan fingerprint density at radius 3 is 2.65 bits per heavy atom. The molecular formula is C13H18FN3O3. The molecule has 2 N–H and O–H groups in total. The number of amides is 1. The number of carbonyl (C=O) groups excluding carboxylic acids is 1. The first kappa shape index (κ1) is 16.0. The summed E-state index contributed by atoms with van der Waals surface area (Å²) >= 11 is 0. The van der Waals surface area contributed by atoms with E-state index in [2.05, 4.69) is 10.6 Å². The van der Waals surface area contributed by atoms with Crippen molar-refractivity contribution in [2.45, 2.75) is 13.8 Å². The molecule has 0 spiro atoms. The third kappa shape index (κ3) is 3.99. The summed E-state index contributed by atoms with van der Waals surface area (Å²) in [5, 5.41) is 16.3. The molecule has 0 aromatic heterocycles. The van der Waals surface area contributed by atoms with Crippen molar-refractivity contribution in [1.82, 2.24) is 10.6 Å². The SMILES string of the molecule is CNCC(C)CNC(=O)c1cc([N+](=O)[O-])cc(C)c1F. The van der Waals surface area contributed by atoms with Crippen LogP contribution in [0, 0.1) is 28.8 Å². The molecule has 1 atom stereocenters. The van der Waals surface area contributed by atoms with Gasteiger partial charge in [-0.3, -0.25) is 14.9 Å². The van der Waals surface area contributed by atoms with E-state index < -0.39 is 16.6 Å². The van der Waals surface area contributed by atoms with E-state index in [0.29, 0.717) is 13.1 Å². The van der Waals surface area contributed by atoms with Gasteiger partial charge in [-0.15, -0.1) is 0 Å². The number of hydrogen-bond donors (Lipinski definition) is 2. The first-order valence-electron chi connectivity index (χ1n) is 6.24. The smallest absolute Gasteiger partial charge is 0.270 e. The minimum absolute atomic E-state index is 0.0765. The highest BCUT2D eigenvalue weighted by molar-refractivity contribution is 5.95. The maximum Gasteiger partial charge on any atom is 0.270 e. The molecule has 1 amide bonds. The van der Waals surface area contributed by atoms with Gasteiger partial charge in [-0.2, -0.15) is 0 Å². The maximum atomic E-state index is 13.9. The lowest BCUT2D eigenvalue weighted by molar-refractivity contribution is -0.385. The van der Waals surface area contributed by atoms with Crippen LogP contribution >= 0.6 is 0 Å². The van der Waals surface area contributed by atoms with E-state index in [1.165, 1.54) is 6.92 Å². The standard InChI is InChI=1S/C13H18FN3O3/c1-8(6-15-3)7-16-13(18)11-5-10(17(19)20)4-9(2)12(11)14/h4-5,8,15H,6-7H2,1-3H3,(H,16,18). The third-order valence-corrected chi connectivity index (χ3v) is 2.86. The summed E-state index contributed by atoms with van der Waals surface area (Å²) < 4.78 is 13.9. The molecular weight excluding hydrogens is 265 g/mol. The van der Waals surface area contributed by atoms with Crippen molar-refractivity contribution in [2.24, 2.45) is 5.92 Å². The predicted octanol–water partition coefficient (Wildman–Crippen LogP) is 1.63. The van der Waals surface area contributed by atoms with Gasteiger partial charge in [-0.25, -0.2) is 4.39 Å². The molecule has 6 nitrogen and oxygen atoms in total. The number of nitro benzene ring substituents is 1. The second kappa shape index (κ2) is 6.95. The summed E-state index contributed by atoms with van der Waals surface area (Å²) in [6.45, 7) is 4.38. The van der Waals surface area contributed by atoms with Crippen LogP contribution in [0.25, 0.3) is 0 Å². The molecule has 0 fully saturated rings. The number of nitrogens with one attached hydrogen (secondary N) is 2. The molecule has 1 aromatic carbocycles. The molecule has 0 saturated heterocycles. The summed E-state index contributed by atoms with van der Waals surface area (Å²) in [5.41, 5.74) is -0.515. The Hall–Kier alpha value is -2.02. The molecule has 0 radical (unpaired) electrons. The van der Waals surface area contributed by atoms with Crippen molar-refractivity contribution < 1.29 is 14.1 Å². The molecule has 1 rings (SSSR count). The average molecular weight is 283 g/mol. The molecule has 0 bridgehead atoms. The molecule has 1 aromatic rings. The van der Waals surface area contributed by atoms with Crippen molar-refractivity contribution in [3.8, 4) is 0 Å². The molecule has 7 heteroatoms. The van der Waals surface area contributed by atoms with E-state index in [0.717, 1.165) is 12.1 Å². The third-order valence-electron chi connectivity index (χ3n) is 2.86. The van der Waals surface area contributed by atoms with E-state index in [1.807, 2.05) is 6.92 Å². The van der Waals surface area contributed by atoms with Gasteiger partial charge in [0, 0.05) is 18.7 Å². The van der Waals surface area contributed by atoms with Crippen molar-refractivity contribution in [2.75, 3.05) is 20.1 Å². The van der Waals surface area contributed by atoms with Crippen LogP contribution < -0.4 is 10.6 Å². The summed E-state index contributed by atoms with van der Waals surface area (Å²) in [4.78, 5) is 22.0. The van der Waals surface area contributed by atoms with Gasteiger partial charge >= 0.3 is 0 Å². The fraction of sp³-hybridized carbons (Fsp3) is 0.462. The minimum atomic E-state index is -0.727. The van der Waals surface area contributed by atoms with Gasteiger partial charge < -0.3 is 10.6 Å². The highest BCUT2D eigenvalue weighted by atomic mass is 19.1. The quantitative estimate of drug-likeness (QED) is 0.614. The number of nitro groups is 1. The van der Waals surface area contributed by atoms with E-state index in [-0.39, 0.29) is 22.7 Å². The second-order valence-electron chi connectivity index (χ2n) is 4.75. The number of halogens is 1. The Morgan fingerprint density at radius 2 is 2.10 bits per heavy atom. The van der Waals surface area contributed by atoms with Crippen LogP contribution in [0.5, 0.6) is 0 Å². The summed E-state index contributed by atoms with van der Waals surface area (Å²) in [7, 11) is 1.79. The molecule has 0 heterocycles. The lowest BCUT2D eigenvalue weighted by atomic mass is 10.1. The van der Waals surface area contributed by atoms with Crippen LogP contribution in [0.4, 0.5) is 10.1 Å². The van der Waals surface area contributed by atoms with Crippen molar-refractivity contribution in [1.29, 1.82) is 0 Å². The van der Waals surface area contributed by atoms with Crippen LogP contribution in [-0.4, -0.2) is 31.0 Å². The number of benzene rings is 1. The highest BCUT2D eigenvalue weighted by Crippen LogP contribution is 2.20. The summed E-state index contributed by atoms with van der Waals surface area (Å²) in [6, 6.07) is 2.07. The van der Waals surface area contributed by atoms with E-state index in [1.54, 1.807) is 7.05 Å². The Bertz CT molecular complexity index is 520. The normalized spacial score (nSPS) is 12.0. The zero-order valence-electron chi connectivity index (χ0n) is 11.7. The molecule has 0 aliphatic heterocycles. The second-order valence-corrected chi connectivity index (χ2v) is 4.75. The van der Waals surface area contributed by atoms with Crippen LogP contribution in [0.1, 0.15) is 22.8 Å². The first-order chi connectivity index (χ1) is 9.36. The van der Waals surface area contributed by atoms with Crippen LogP contribution in [0.3, 0.4) is 0 Å². The van der Waals surface area contributed by atoms with Gasteiger partial charge in [0.2, 0.25) is 0 Å². The predicted molar refractivity (Wildman–Crippen MR) is 73.2 cm³/mol. The van der Waals surface area contributed by atoms with E-state index in [4.69, 9.17) is 0 Å². The van der Waals surface area contributed by atoms with Gasteiger partial charge in [0.15, 0.2) is 0 Å². The largest absolute Gasteiger partial charge is 0.352 e. The molecule has 0 aliphatic rings. The number of nitrogens with zero attached hydrogens (tertiary/aromatic N) is 1. The van der Waals surface area contributed by atoms with Gasteiger partial charge in [-0.05, 0) is 32.0 Å². The fourth-order valence-electron chi connectivity index (χ4n) is 1.80. The Morgan fingerprint density at radius 1 is 1.45 bits per heavy atom. The van der Waals surface area contributed by atoms with Crippen molar-refractivity contribution >= 4 is 11.6 Å². The summed E-state index contributed by atoms with van der Waals surface area (Å²) in [5.74, 6) is -1.20. The van der Waals surface area contributed by atoms with Gasteiger partial charge in [0.25, 0.3) is 11.6 Å². The molecule has 20 heavy (non-hydrogen) atoms. The van der Waals surface area contributed by atoms with Crippen molar-refractivity contribution in [3.63, 3.8) is 0 Å². The van der Waals surface area contributed by atoms with Crippen LogP contribution in [-0.2, 0) is 0 Å². The Labute approximate surface area is 116 Å². The number of carbonyl (C=O) groups is 1. The zero-order valence-corrected chi connectivity index (χ0v) is 11.7. The Kier molecular flexibility index (Phi) is 5.57. The monoisotopic (exact) mass is 283 g/mol. The molecule has 1 unspecified atom stereocenters. The van der Waals surface area contributed by atoms with Crippen LogP contribution in [0.2, 0.25) is 0 Å². The molecule has 110 valence electrons. The van der Waals surface area contributed by atoms with Gasteiger partial charge in [-0.1, -0.05) is 6.92 Å². The number of rotatable bonds is 6. The summed E-state index contributed by atoms with van der Waals surface area (Å²) in [6.07, 6.45) is 0. The maximum absolute atomic E-state index is 13.9. The number of aryl methyl sites for hydroxylation is 1. The topological polar surface area (TPSA) is 84.3 Å². The lowest BCUT2D eigenvalue weighted by Gasteiger charge is -2.12. The zero-order chi connectivity index (χ0) is 15.3. The highest BCUT2D eigenvalue weighted by Gasteiger charge is 2.19. The van der Waals surface area contributed by atoms with Crippen LogP contribution in [0.15, 0.2) is 12.1 Å². The lowest BCUT2D eigenvalue weighted by Crippen LogP contribution is -2.32. The number of non-ortho nitro benzene ring substituents is 1. The van der Waals surface area contributed by atoms with Crippen molar-refractivity contribution in [3.05, 3.63) is 39.2 Å². The molecule has 0 saturated carbocycles. The first-order valence-corrected chi connectivity index (χ1v) is 6.24. The van der Waals surface area contributed by atoms with E-state index in [9.17, 15) is 19.3 Å².